The van der Waals surface area contributed by atoms with E-state index in [-0.39, 0.29) is 5.41 Å². The third-order valence-corrected chi connectivity index (χ3v) is 5.21. The van der Waals surface area contributed by atoms with Crippen molar-refractivity contribution in [1.29, 1.82) is 0 Å². The molecule has 1 aliphatic carbocycles. The van der Waals surface area contributed by atoms with Crippen LogP contribution in [0.25, 0.3) is 0 Å². The first-order valence-electron chi connectivity index (χ1n) is 8.26. The van der Waals surface area contributed by atoms with Gasteiger partial charge in [-0.2, -0.15) is 0 Å². The molecule has 0 aromatic heterocycles. The molecule has 3 atom stereocenters. The standard InChI is InChI=1S/C17H32O2/c1-16(2,3)15-10-4-5-11-17(15,18)12-6-8-14-9-7-13-19-14/h14-15,18H,4-13H2,1-3H3. The number of ether oxygens (including phenoxy) is 1. The highest BCUT2D eigenvalue weighted by atomic mass is 16.5. The Morgan fingerprint density at radius 3 is 2.58 bits per heavy atom. The maximum Gasteiger partial charge on any atom is 0.0680 e. The second kappa shape index (κ2) is 6.13. The van der Waals surface area contributed by atoms with E-state index >= 15 is 0 Å². The van der Waals surface area contributed by atoms with Crippen LogP contribution in [0.3, 0.4) is 0 Å². The lowest BCUT2D eigenvalue weighted by Gasteiger charge is -2.47. The van der Waals surface area contributed by atoms with Gasteiger partial charge in [0.1, 0.15) is 0 Å². The molecule has 0 amide bonds. The second-order valence-corrected chi connectivity index (χ2v) is 7.80. The topological polar surface area (TPSA) is 29.5 Å². The van der Waals surface area contributed by atoms with Crippen LogP contribution in [0.4, 0.5) is 0 Å². The first kappa shape index (κ1) is 15.3. The summed E-state index contributed by atoms with van der Waals surface area (Å²) in [6.45, 7) is 7.80. The lowest BCUT2D eigenvalue weighted by molar-refractivity contribution is -0.0971. The van der Waals surface area contributed by atoms with E-state index in [1.165, 1.54) is 32.1 Å². The van der Waals surface area contributed by atoms with Crippen molar-refractivity contribution < 1.29 is 9.84 Å². The molecular formula is C17H32O2. The van der Waals surface area contributed by atoms with E-state index < -0.39 is 5.60 Å². The minimum Gasteiger partial charge on any atom is -0.390 e. The fraction of sp³-hybridized carbons (Fsp3) is 1.00. The van der Waals surface area contributed by atoms with Crippen LogP contribution in [0, 0.1) is 11.3 Å². The molecule has 1 saturated heterocycles. The molecular weight excluding hydrogens is 236 g/mol. The van der Waals surface area contributed by atoms with E-state index in [4.69, 9.17) is 4.74 Å². The van der Waals surface area contributed by atoms with Gasteiger partial charge in [-0.1, -0.05) is 33.6 Å². The normalized spacial score (nSPS) is 36.6. The summed E-state index contributed by atoms with van der Waals surface area (Å²) in [6.07, 6.45) is 10.8. The third kappa shape index (κ3) is 3.95. The maximum absolute atomic E-state index is 11.1. The molecule has 2 heteroatoms. The Morgan fingerprint density at radius 1 is 1.16 bits per heavy atom. The van der Waals surface area contributed by atoms with Crippen LogP contribution in [-0.4, -0.2) is 23.4 Å². The summed E-state index contributed by atoms with van der Waals surface area (Å²) in [7, 11) is 0. The quantitative estimate of drug-likeness (QED) is 0.823. The predicted molar refractivity (Wildman–Crippen MR) is 79.2 cm³/mol. The Morgan fingerprint density at radius 2 is 1.95 bits per heavy atom. The fourth-order valence-electron chi connectivity index (χ4n) is 4.27. The van der Waals surface area contributed by atoms with Crippen LogP contribution in [0.5, 0.6) is 0 Å². The van der Waals surface area contributed by atoms with Crippen LogP contribution in [-0.2, 0) is 4.74 Å². The summed E-state index contributed by atoms with van der Waals surface area (Å²) in [5, 5.41) is 11.1. The molecule has 0 bridgehead atoms. The zero-order valence-electron chi connectivity index (χ0n) is 13.1. The van der Waals surface area contributed by atoms with Gasteiger partial charge in [0, 0.05) is 6.61 Å². The molecule has 2 rings (SSSR count). The van der Waals surface area contributed by atoms with Crippen molar-refractivity contribution >= 4 is 0 Å². The van der Waals surface area contributed by atoms with Crippen molar-refractivity contribution in [1.82, 2.24) is 0 Å². The van der Waals surface area contributed by atoms with E-state index in [1.807, 2.05) is 0 Å². The van der Waals surface area contributed by atoms with Gasteiger partial charge in [-0.3, -0.25) is 0 Å². The van der Waals surface area contributed by atoms with E-state index in [9.17, 15) is 5.11 Å². The highest BCUT2D eigenvalue weighted by Gasteiger charge is 2.44. The van der Waals surface area contributed by atoms with Crippen LogP contribution >= 0.6 is 0 Å². The van der Waals surface area contributed by atoms with Crippen molar-refractivity contribution in [2.24, 2.45) is 11.3 Å². The molecule has 0 spiro atoms. The van der Waals surface area contributed by atoms with Crippen molar-refractivity contribution in [3.63, 3.8) is 0 Å². The summed E-state index contributed by atoms with van der Waals surface area (Å²) in [5.74, 6) is 0.457. The molecule has 0 aromatic carbocycles. The second-order valence-electron chi connectivity index (χ2n) is 7.80. The van der Waals surface area contributed by atoms with E-state index in [0.717, 1.165) is 32.3 Å². The molecule has 2 fully saturated rings. The molecule has 1 heterocycles. The SMILES string of the molecule is CC(C)(C)C1CCCCC1(O)CCCC1CCCO1. The van der Waals surface area contributed by atoms with Crippen LogP contribution < -0.4 is 0 Å². The van der Waals surface area contributed by atoms with Crippen molar-refractivity contribution in [3.8, 4) is 0 Å². The van der Waals surface area contributed by atoms with Gasteiger partial charge in [0.25, 0.3) is 0 Å². The minimum atomic E-state index is -0.422. The van der Waals surface area contributed by atoms with Gasteiger partial charge in [-0.25, -0.2) is 0 Å². The number of hydrogen-bond acceptors (Lipinski definition) is 2. The Bertz CT molecular complexity index is 275. The predicted octanol–water partition coefficient (Wildman–Crippen LogP) is 4.30. The third-order valence-electron chi connectivity index (χ3n) is 5.21. The summed E-state index contributed by atoms with van der Waals surface area (Å²) in [6, 6.07) is 0. The Hall–Kier alpha value is -0.0800. The minimum absolute atomic E-state index is 0.221. The number of rotatable bonds is 4. The molecule has 0 radical (unpaired) electrons. The van der Waals surface area contributed by atoms with Gasteiger partial charge < -0.3 is 9.84 Å². The molecule has 19 heavy (non-hydrogen) atoms. The monoisotopic (exact) mass is 268 g/mol. The largest absolute Gasteiger partial charge is 0.390 e. The Kier molecular flexibility index (Phi) is 4.94. The molecule has 1 saturated carbocycles. The summed E-state index contributed by atoms with van der Waals surface area (Å²) in [5.41, 5.74) is -0.200. The summed E-state index contributed by atoms with van der Waals surface area (Å²) < 4.78 is 5.69. The lowest BCUT2D eigenvalue weighted by atomic mass is 9.62. The molecule has 1 aliphatic heterocycles. The van der Waals surface area contributed by atoms with Gasteiger partial charge in [0.2, 0.25) is 0 Å². The van der Waals surface area contributed by atoms with Gasteiger partial charge in [-0.15, -0.1) is 0 Å². The van der Waals surface area contributed by atoms with E-state index in [2.05, 4.69) is 20.8 Å². The van der Waals surface area contributed by atoms with Gasteiger partial charge in [0.05, 0.1) is 11.7 Å². The highest BCUT2D eigenvalue weighted by Crippen LogP contribution is 2.46. The summed E-state index contributed by atoms with van der Waals surface area (Å²) >= 11 is 0. The van der Waals surface area contributed by atoms with Crippen molar-refractivity contribution in [2.75, 3.05) is 6.61 Å². The number of hydrogen-bond donors (Lipinski definition) is 1. The van der Waals surface area contributed by atoms with Crippen LogP contribution in [0.15, 0.2) is 0 Å². The van der Waals surface area contributed by atoms with Crippen molar-refractivity contribution in [2.45, 2.75) is 90.3 Å². The first-order chi connectivity index (χ1) is 8.92. The van der Waals surface area contributed by atoms with E-state index in [1.54, 1.807) is 0 Å². The smallest absolute Gasteiger partial charge is 0.0680 e. The molecule has 112 valence electrons. The molecule has 2 nitrogen and oxygen atoms in total. The summed E-state index contributed by atoms with van der Waals surface area (Å²) in [4.78, 5) is 0. The van der Waals surface area contributed by atoms with Crippen LogP contribution in [0.1, 0.15) is 78.6 Å². The lowest BCUT2D eigenvalue weighted by Crippen LogP contribution is -2.46. The van der Waals surface area contributed by atoms with Gasteiger partial charge in [0.15, 0.2) is 0 Å². The average Bonchev–Trinajstić information content (AvgIpc) is 2.81. The van der Waals surface area contributed by atoms with E-state index in [0.29, 0.717) is 12.0 Å². The Balaban J connectivity index is 1.86. The molecule has 2 aliphatic rings. The highest BCUT2D eigenvalue weighted by molar-refractivity contribution is 4.95. The zero-order valence-corrected chi connectivity index (χ0v) is 13.1. The first-order valence-corrected chi connectivity index (χ1v) is 8.26. The molecule has 0 aromatic rings. The van der Waals surface area contributed by atoms with Gasteiger partial charge >= 0.3 is 0 Å². The molecule has 1 N–H and O–H groups in total. The Labute approximate surface area is 118 Å². The zero-order chi connectivity index (χ0) is 13.9. The average molecular weight is 268 g/mol. The van der Waals surface area contributed by atoms with Crippen LogP contribution in [0.2, 0.25) is 0 Å². The maximum atomic E-state index is 11.1. The fourth-order valence-corrected chi connectivity index (χ4v) is 4.27. The van der Waals surface area contributed by atoms with Gasteiger partial charge in [-0.05, 0) is 56.3 Å². The number of aliphatic hydroxyl groups is 1. The van der Waals surface area contributed by atoms with Crippen molar-refractivity contribution in [3.05, 3.63) is 0 Å². The molecule has 3 unspecified atom stereocenters.